The van der Waals surface area contributed by atoms with Gasteiger partial charge in [0.1, 0.15) is 11.8 Å². The Balaban J connectivity index is 1.86. The summed E-state index contributed by atoms with van der Waals surface area (Å²) in [6.07, 6.45) is 0.411. The van der Waals surface area contributed by atoms with Crippen molar-refractivity contribution in [1.29, 1.82) is 0 Å². The van der Waals surface area contributed by atoms with E-state index < -0.39 is 6.04 Å². The number of benzene rings is 3. The normalized spacial score (nSPS) is 11.4. The van der Waals surface area contributed by atoms with E-state index in [0.29, 0.717) is 18.7 Å². The largest absolute Gasteiger partial charge is 0.484 e. The molecule has 3 aromatic carbocycles. The molecule has 3 rings (SSSR count). The minimum atomic E-state index is -0.664. The summed E-state index contributed by atoms with van der Waals surface area (Å²) in [6.45, 7) is 0.151. The number of amides is 2. The van der Waals surface area contributed by atoms with Crippen LogP contribution in [0, 0.1) is 0 Å². The number of hydrogen-bond donors (Lipinski definition) is 1. The first kappa shape index (κ1) is 22.6. The van der Waals surface area contributed by atoms with E-state index in [1.807, 2.05) is 72.8 Å². The maximum atomic E-state index is 13.3. The molecule has 0 fully saturated rings. The maximum Gasteiger partial charge on any atom is 0.261 e. The minimum absolute atomic E-state index is 0.150. The number of para-hydroxylation sites is 1. The van der Waals surface area contributed by atoms with E-state index in [-0.39, 0.29) is 18.4 Å². The van der Waals surface area contributed by atoms with Crippen LogP contribution in [-0.2, 0) is 22.6 Å². The van der Waals surface area contributed by atoms with Crippen molar-refractivity contribution in [2.75, 3.05) is 13.7 Å². The molecular weight excluding hydrogens is 456 g/mol. The molecule has 0 heterocycles. The van der Waals surface area contributed by atoms with E-state index in [9.17, 15) is 9.59 Å². The zero-order chi connectivity index (χ0) is 22.1. The number of carbonyl (C=O) groups is 2. The first-order valence-electron chi connectivity index (χ1n) is 10.0. The van der Waals surface area contributed by atoms with Crippen LogP contribution in [0.25, 0.3) is 0 Å². The molecule has 0 aromatic heterocycles. The number of carbonyl (C=O) groups excluding carboxylic acids is 2. The highest BCUT2D eigenvalue weighted by Gasteiger charge is 2.30. The molecule has 31 heavy (non-hydrogen) atoms. The highest BCUT2D eigenvalue weighted by atomic mass is 79.9. The van der Waals surface area contributed by atoms with Gasteiger partial charge in [0.05, 0.1) is 0 Å². The van der Waals surface area contributed by atoms with Crippen molar-refractivity contribution in [1.82, 2.24) is 10.2 Å². The van der Waals surface area contributed by atoms with Gasteiger partial charge >= 0.3 is 0 Å². The number of halogens is 1. The SMILES string of the molecule is CNC(=O)C(Cc1ccccc1)N(Cc1ccc(Br)cc1)C(=O)COc1ccccc1. The van der Waals surface area contributed by atoms with Gasteiger partial charge in [-0.1, -0.05) is 76.6 Å². The van der Waals surface area contributed by atoms with Crippen molar-refractivity contribution >= 4 is 27.7 Å². The van der Waals surface area contributed by atoms with Gasteiger partial charge in [0, 0.05) is 24.5 Å². The number of nitrogens with zero attached hydrogens (tertiary/aromatic N) is 1. The fraction of sp³-hybridized carbons (Fsp3) is 0.200. The molecule has 0 radical (unpaired) electrons. The molecule has 160 valence electrons. The maximum absolute atomic E-state index is 13.3. The summed E-state index contributed by atoms with van der Waals surface area (Å²) in [7, 11) is 1.59. The Morgan fingerprint density at radius 3 is 2.13 bits per heavy atom. The second-order valence-corrected chi connectivity index (χ2v) is 7.99. The van der Waals surface area contributed by atoms with Crippen molar-refractivity contribution in [3.63, 3.8) is 0 Å². The molecule has 3 aromatic rings. The molecule has 1 atom stereocenters. The summed E-state index contributed by atoms with van der Waals surface area (Å²) in [4.78, 5) is 27.7. The summed E-state index contributed by atoms with van der Waals surface area (Å²) in [5, 5.41) is 2.71. The van der Waals surface area contributed by atoms with Crippen LogP contribution in [0.3, 0.4) is 0 Å². The van der Waals surface area contributed by atoms with Gasteiger partial charge in [-0.05, 0) is 35.4 Å². The van der Waals surface area contributed by atoms with Gasteiger partial charge in [0.25, 0.3) is 5.91 Å². The molecule has 0 aliphatic carbocycles. The second-order valence-electron chi connectivity index (χ2n) is 7.07. The summed E-state index contributed by atoms with van der Waals surface area (Å²) in [5.74, 6) is 0.143. The van der Waals surface area contributed by atoms with Gasteiger partial charge in [0.2, 0.25) is 5.91 Å². The molecular formula is C25H25BrN2O3. The van der Waals surface area contributed by atoms with Gasteiger partial charge < -0.3 is 15.0 Å². The quantitative estimate of drug-likeness (QED) is 0.498. The Bertz CT molecular complexity index is 979. The van der Waals surface area contributed by atoms with E-state index in [0.717, 1.165) is 15.6 Å². The fourth-order valence-electron chi connectivity index (χ4n) is 3.25. The summed E-state index contributed by atoms with van der Waals surface area (Å²) >= 11 is 3.43. The molecule has 6 heteroatoms. The van der Waals surface area contributed by atoms with Crippen molar-refractivity contribution in [2.45, 2.75) is 19.0 Å². The van der Waals surface area contributed by atoms with Crippen molar-refractivity contribution in [3.05, 3.63) is 101 Å². The number of ether oxygens (including phenoxy) is 1. The lowest BCUT2D eigenvalue weighted by Crippen LogP contribution is -2.51. The Morgan fingerprint density at radius 1 is 0.903 bits per heavy atom. The van der Waals surface area contributed by atoms with Gasteiger partial charge in [-0.2, -0.15) is 0 Å². The molecule has 0 saturated carbocycles. The van der Waals surface area contributed by atoms with Crippen LogP contribution in [0.5, 0.6) is 5.75 Å². The van der Waals surface area contributed by atoms with Crippen molar-refractivity contribution < 1.29 is 14.3 Å². The van der Waals surface area contributed by atoms with Gasteiger partial charge in [0.15, 0.2) is 6.61 Å². The second kappa shape index (κ2) is 11.3. The number of likely N-dealkylation sites (N-methyl/N-ethyl adjacent to an activating group) is 1. The lowest BCUT2D eigenvalue weighted by atomic mass is 10.0. The third-order valence-electron chi connectivity index (χ3n) is 4.89. The molecule has 0 bridgehead atoms. The van der Waals surface area contributed by atoms with Gasteiger partial charge in [-0.3, -0.25) is 9.59 Å². The minimum Gasteiger partial charge on any atom is -0.484 e. The van der Waals surface area contributed by atoms with Gasteiger partial charge in [-0.25, -0.2) is 0 Å². The van der Waals surface area contributed by atoms with Crippen LogP contribution >= 0.6 is 15.9 Å². The van der Waals surface area contributed by atoms with E-state index in [1.165, 1.54) is 0 Å². The van der Waals surface area contributed by atoms with Crippen LogP contribution in [0.4, 0.5) is 0 Å². The third-order valence-corrected chi connectivity index (χ3v) is 5.42. The summed E-state index contributed by atoms with van der Waals surface area (Å²) < 4.78 is 6.64. The first-order valence-corrected chi connectivity index (χ1v) is 10.8. The summed E-state index contributed by atoms with van der Waals surface area (Å²) in [5.41, 5.74) is 1.91. The van der Waals surface area contributed by atoms with E-state index in [2.05, 4.69) is 21.2 Å². The monoisotopic (exact) mass is 480 g/mol. The number of rotatable bonds is 9. The fourth-order valence-corrected chi connectivity index (χ4v) is 3.52. The lowest BCUT2D eigenvalue weighted by molar-refractivity contribution is -0.142. The van der Waals surface area contributed by atoms with E-state index in [4.69, 9.17) is 4.74 Å². The molecule has 0 aliphatic rings. The highest BCUT2D eigenvalue weighted by molar-refractivity contribution is 9.10. The van der Waals surface area contributed by atoms with Crippen LogP contribution in [-0.4, -0.2) is 36.4 Å². The Kier molecular flexibility index (Phi) is 8.24. The highest BCUT2D eigenvalue weighted by Crippen LogP contribution is 2.17. The molecule has 5 nitrogen and oxygen atoms in total. The molecule has 0 saturated heterocycles. The smallest absolute Gasteiger partial charge is 0.261 e. The van der Waals surface area contributed by atoms with Crippen LogP contribution in [0.1, 0.15) is 11.1 Å². The van der Waals surface area contributed by atoms with E-state index >= 15 is 0 Å². The van der Waals surface area contributed by atoms with E-state index in [1.54, 1.807) is 24.1 Å². The first-order chi connectivity index (χ1) is 15.1. The average Bonchev–Trinajstić information content (AvgIpc) is 2.81. The zero-order valence-electron chi connectivity index (χ0n) is 17.3. The lowest BCUT2D eigenvalue weighted by Gasteiger charge is -2.31. The molecule has 0 aliphatic heterocycles. The molecule has 1 unspecified atom stereocenters. The standard InChI is InChI=1S/C25H25BrN2O3/c1-27-25(30)23(16-19-8-4-2-5-9-19)28(17-20-12-14-21(26)15-13-20)24(29)18-31-22-10-6-3-7-11-22/h2-15,23H,16-18H2,1H3,(H,27,30). The Hall–Kier alpha value is -3.12. The predicted molar refractivity (Wildman–Crippen MR) is 125 cm³/mol. The van der Waals surface area contributed by atoms with Crippen LogP contribution in [0.15, 0.2) is 89.4 Å². The third kappa shape index (κ3) is 6.69. The Morgan fingerprint density at radius 2 is 1.52 bits per heavy atom. The topological polar surface area (TPSA) is 58.6 Å². The average molecular weight is 481 g/mol. The molecule has 0 spiro atoms. The Labute approximate surface area is 191 Å². The van der Waals surface area contributed by atoms with Crippen molar-refractivity contribution in [2.24, 2.45) is 0 Å². The molecule has 2 amide bonds. The number of hydrogen-bond acceptors (Lipinski definition) is 3. The van der Waals surface area contributed by atoms with Gasteiger partial charge in [-0.15, -0.1) is 0 Å². The summed E-state index contributed by atoms with van der Waals surface area (Å²) in [6, 6.07) is 25.9. The van der Waals surface area contributed by atoms with Crippen molar-refractivity contribution in [3.8, 4) is 5.75 Å². The van der Waals surface area contributed by atoms with Crippen LogP contribution in [0.2, 0.25) is 0 Å². The predicted octanol–water partition coefficient (Wildman–Crippen LogP) is 4.21. The zero-order valence-corrected chi connectivity index (χ0v) is 18.9. The number of nitrogens with one attached hydrogen (secondary N) is 1. The van der Waals surface area contributed by atoms with Crippen LogP contribution < -0.4 is 10.1 Å². The molecule has 1 N–H and O–H groups in total.